The van der Waals surface area contributed by atoms with E-state index in [0.29, 0.717) is 19.6 Å². The molecule has 0 bridgehead atoms. The van der Waals surface area contributed by atoms with Crippen LogP contribution in [-0.4, -0.2) is 29.0 Å². The molecule has 0 radical (unpaired) electrons. The Morgan fingerprint density at radius 3 is 1.89 bits per heavy atom. The van der Waals surface area contributed by atoms with E-state index < -0.39 is 25.2 Å². The number of benzene rings is 1. The highest BCUT2D eigenvalue weighted by Crippen LogP contribution is 2.87. The molecule has 0 aromatic heterocycles. The Hall–Kier alpha value is 1.80. The predicted molar refractivity (Wildman–Crippen MR) is 127 cm³/mol. The van der Waals surface area contributed by atoms with Gasteiger partial charge in [0.15, 0.2) is 0 Å². The van der Waals surface area contributed by atoms with Gasteiger partial charge in [-0.2, -0.15) is 18.1 Å². The SMILES string of the molecule is CCN1CCN(Cc2ccccc2)P12=NP(Cl)(Cl)=NP(Cl)(Cl)=NP(Cl)(Cl)=N2. The summed E-state index contributed by atoms with van der Waals surface area (Å²) in [6.07, 6.45) is 0. The molecule has 2 aliphatic rings. The fourth-order valence-corrected chi connectivity index (χ4v) is 25.5. The van der Waals surface area contributed by atoms with E-state index in [0.717, 1.165) is 12.1 Å². The van der Waals surface area contributed by atoms with E-state index in [1.165, 1.54) is 0 Å². The first-order chi connectivity index (χ1) is 12.5. The fraction of sp³-hybridized carbons (Fsp3) is 0.455. The van der Waals surface area contributed by atoms with Gasteiger partial charge in [0, 0.05) is 26.2 Å². The highest BCUT2D eigenvalue weighted by molar-refractivity contribution is 8.23. The first kappa shape index (κ1) is 23.5. The predicted octanol–water partition coefficient (Wildman–Crippen LogP) is 10.1. The lowest BCUT2D eigenvalue weighted by atomic mass is 10.2. The summed E-state index contributed by atoms with van der Waals surface area (Å²) in [7, 11) is -2.80. The number of hydrogen-bond acceptors (Lipinski definition) is 6. The number of halogens is 6. The van der Waals surface area contributed by atoms with Crippen LogP contribution in [0, 0.1) is 0 Å². The first-order valence-corrected chi connectivity index (χ1v) is 19.9. The molecule has 0 aliphatic carbocycles. The molecule has 1 aromatic carbocycles. The molecule has 2 heterocycles. The second-order valence-electron chi connectivity index (χ2n) is 5.68. The molecule has 3 rings (SSSR count). The third-order valence-corrected chi connectivity index (χ3v) is 20.6. The van der Waals surface area contributed by atoms with Crippen LogP contribution < -0.4 is 0 Å². The molecular weight excluding hydrogens is 553 g/mol. The average molecular weight is 569 g/mol. The molecule has 2 aliphatic heterocycles. The summed E-state index contributed by atoms with van der Waals surface area (Å²) in [6, 6.07) is 9.99. The molecule has 0 amide bonds. The van der Waals surface area contributed by atoms with Crippen LogP contribution in [0.15, 0.2) is 48.4 Å². The van der Waals surface area contributed by atoms with E-state index in [1.54, 1.807) is 0 Å². The zero-order chi connectivity index (χ0) is 19.9. The summed E-state index contributed by atoms with van der Waals surface area (Å²) >= 11 is 38.2. The summed E-state index contributed by atoms with van der Waals surface area (Å²) < 4.78 is 22.0. The second-order valence-corrected chi connectivity index (χ2v) is 23.5. The number of likely N-dealkylation sites (N-methyl/N-ethyl adjacent to an activating group) is 1. The normalized spacial score (nSPS) is 29.7. The van der Waals surface area contributed by atoms with Gasteiger partial charge in [-0.1, -0.05) is 37.3 Å². The molecule has 152 valence electrons. The monoisotopic (exact) mass is 566 g/mol. The summed E-state index contributed by atoms with van der Waals surface area (Å²) in [6.45, 7) is 4.73. The standard InChI is InChI=1S/C11H16Cl6N6P4/c1-2-22-8-9-23(10-11-6-4-3-5-7-11)27(22)20-25(14,15)18-24(12,13)19-26(16,17)21-27/h3-7H,2,8-10H2,1H3. The van der Waals surface area contributed by atoms with Crippen molar-refractivity contribution in [3.63, 3.8) is 0 Å². The Morgan fingerprint density at radius 1 is 0.778 bits per heavy atom. The third kappa shape index (κ3) is 5.74. The number of nitrogens with zero attached hydrogens (tertiary/aromatic N) is 6. The van der Waals surface area contributed by atoms with Gasteiger partial charge in [0.1, 0.15) is 0 Å². The summed E-state index contributed by atoms with van der Waals surface area (Å²) in [5.74, 6) is -9.73. The number of rotatable bonds is 3. The van der Waals surface area contributed by atoms with E-state index in [9.17, 15) is 0 Å². The largest absolute Gasteiger partial charge is 0.257 e. The van der Waals surface area contributed by atoms with Gasteiger partial charge >= 0.3 is 0 Å². The van der Waals surface area contributed by atoms with Crippen LogP contribution in [0.3, 0.4) is 0 Å². The minimum atomic E-state index is -3.26. The quantitative estimate of drug-likeness (QED) is 0.341. The van der Waals surface area contributed by atoms with Crippen molar-refractivity contribution in [3.8, 4) is 0 Å². The Balaban J connectivity index is 2.23. The molecular formula is C11H16Cl6N6P4. The van der Waals surface area contributed by atoms with Crippen LogP contribution >= 0.6 is 92.7 Å². The van der Waals surface area contributed by atoms with Gasteiger partial charge in [0.25, 0.3) is 17.7 Å². The molecule has 16 heteroatoms. The zero-order valence-corrected chi connectivity index (χ0v) is 22.1. The molecule has 0 saturated carbocycles. The van der Waals surface area contributed by atoms with Crippen LogP contribution in [0.4, 0.5) is 0 Å². The fourth-order valence-electron chi connectivity index (χ4n) is 2.84. The zero-order valence-electron chi connectivity index (χ0n) is 14.0. The first-order valence-electron chi connectivity index (χ1n) is 7.75. The van der Waals surface area contributed by atoms with Crippen molar-refractivity contribution in [2.24, 2.45) is 18.1 Å². The maximum Gasteiger partial charge on any atom is 0.257 e. The minimum Gasteiger partial charge on any atom is -0.239 e. The van der Waals surface area contributed by atoms with Crippen LogP contribution in [0.5, 0.6) is 0 Å². The Labute approximate surface area is 188 Å². The smallest absolute Gasteiger partial charge is 0.239 e. The molecule has 6 nitrogen and oxygen atoms in total. The van der Waals surface area contributed by atoms with Crippen molar-refractivity contribution in [2.45, 2.75) is 13.5 Å². The van der Waals surface area contributed by atoms with E-state index in [-0.39, 0.29) is 0 Å². The van der Waals surface area contributed by atoms with Gasteiger partial charge in [-0.3, -0.25) is 0 Å². The van der Waals surface area contributed by atoms with Crippen LogP contribution in [-0.2, 0) is 6.54 Å². The molecule has 27 heavy (non-hydrogen) atoms. The lowest BCUT2D eigenvalue weighted by Gasteiger charge is -2.34. The van der Waals surface area contributed by atoms with Crippen molar-refractivity contribution in [2.75, 3.05) is 19.6 Å². The third-order valence-electron chi connectivity index (χ3n) is 3.83. The highest BCUT2D eigenvalue weighted by atomic mass is 35.9. The number of hydrogen-bond donors (Lipinski definition) is 0. The van der Waals surface area contributed by atoms with Gasteiger partial charge in [0.05, 0.1) is 0 Å². The second kappa shape index (κ2) is 8.74. The lowest BCUT2D eigenvalue weighted by Crippen LogP contribution is -2.18. The highest BCUT2D eigenvalue weighted by Gasteiger charge is 2.44. The summed E-state index contributed by atoms with van der Waals surface area (Å²) in [4.78, 5) is 0. The van der Waals surface area contributed by atoms with Crippen molar-refractivity contribution >= 4 is 92.7 Å². The molecule has 1 aromatic rings. The molecule has 1 atom stereocenters. The molecule has 1 fully saturated rings. The van der Waals surface area contributed by atoms with Gasteiger partial charge in [-0.25, -0.2) is 9.34 Å². The molecule has 0 N–H and O–H groups in total. The van der Waals surface area contributed by atoms with Gasteiger partial charge in [-0.05, 0) is 73.0 Å². The van der Waals surface area contributed by atoms with Gasteiger partial charge in [-0.15, -0.1) is 0 Å². The molecule has 1 unspecified atom stereocenters. The van der Waals surface area contributed by atoms with Gasteiger partial charge in [0.2, 0.25) is 7.51 Å². The topological polar surface area (TPSA) is 55.9 Å². The van der Waals surface area contributed by atoms with Crippen molar-refractivity contribution in [1.82, 2.24) is 9.34 Å². The Morgan fingerprint density at radius 2 is 1.30 bits per heavy atom. The van der Waals surface area contributed by atoms with Crippen molar-refractivity contribution in [1.29, 1.82) is 0 Å². The maximum absolute atomic E-state index is 6.47. The lowest BCUT2D eigenvalue weighted by molar-refractivity contribution is 0.469. The van der Waals surface area contributed by atoms with Crippen LogP contribution in [0.25, 0.3) is 0 Å². The molecule has 1 saturated heterocycles. The Kier molecular flexibility index (Phi) is 7.59. The Bertz CT molecular complexity index is 932. The summed E-state index contributed by atoms with van der Waals surface area (Å²) in [5.41, 5.74) is 1.11. The van der Waals surface area contributed by atoms with Crippen LogP contribution in [0.2, 0.25) is 0 Å². The van der Waals surface area contributed by atoms with Crippen LogP contribution in [0.1, 0.15) is 12.5 Å². The van der Waals surface area contributed by atoms with Crippen molar-refractivity contribution < 1.29 is 0 Å². The van der Waals surface area contributed by atoms with E-state index in [1.807, 2.05) is 37.3 Å². The van der Waals surface area contributed by atoms with E-state index >= 15 is 0 Å². The minimum absolute atomic E-state index is 0.599. The summed E-state index contributed by atoms with van der Waals surface area (Å²) in [5, 5.41) is 0. The van der Waals surface area contributed by atoms with Crippen molar-refractivity contribution in [3.05, 3.63) is 35.9 Å². The van der Waals surface area contributed by atoms with E-state index in [4.69, 9.17) is 76.5 Å². The van der Waals surface area contributed by atoms with E-state index in [2.05, 4.69) is 18.4 Å². The van der Waals surface area contributed by atoms with Gasteiger partial charge < -0.3 is 0 Å². The average Bonchev–Trinajstić information content (AvgIpc) is 2.80. The maximum atomic E-state index is 6.47. The molecule has 1 spiro atoms.